The number of benzene rings is 1. The van der Waals surface area contributed by atoms with Gasteiger partial charge < -0.3 is 15.7 Å². The van der Waals surface area contributed by atoms with Crippen molar-refractivity contribution in [3.05, 3.63) is 35.6 Å². The number of carbonyl (C=O) groups is 2. The predicted octanol–water partition coefficient (Wildman–Crippen LogP) is 4.18. The molecule has 1 amide bonds. The molecule has 3 aliphatic rings. The minimum atomic E-state index is -0.308. The molecular formula is C27H39FN2O3. The second kappa shape index (κ2) is 11.1. The van der Waals surface area contributed by atoms with Gasteiger partial charge in [-0.25, -0.2) is 4.39 Å². The molecule has 1 aliphatic heterocycles. The average Bonchev–Trinajstić information content (AvgIpc) is 3.24. The van der Waals surface area contributed by atoms with E-state index in [9.17, 15) is 19.1 Å². The number of likely N-dealkylation sites (tertiary alicyclic amines) is 1. The van der Waals surface area contributed by atoms with E-state index in [1.165, 1.54) is 18.6 Å². The number of carbonyl (C=O) groups excluding carboxylic acids is 2. The number of Topliss-reactive ketones (excluding diaryl/α,β-unsaturated/α-hetero) is 1. The van der Waals surface area contributed by atoms with Crippen LogP contribution in [0.5, 0.6) is 0 Å². The van der Waals surface area contributed by atoms with E-state index >= 15 is 0 Å². The second-order valence-electron chi connectivity index (χ2n) is 10.7. The number of hydrogen-bond donors (Lipinski definition) is 2. The molecule has 33 heavy (non-hydrogen) atoms. The molecule has 1 aromatic carbocycles. The van der Waals surface area contributed by atoms with Gasteiger partial charge in [-0.05, 0) is 113 Å². The standard InChI is InChI=1S/C27H39FN2O3/c28-23-8-5-20(6-9-23)26(32)21-12-15-30(16-13-21)14-11-18-1-3-19(4-2-18)25(27(29)33)22-7-10-24(31)17-22/h5-6,8-9,18-19,21-22,24-25,31H,1-4,7,10-17H2,(H2,29,33). The lowest BCUT2D eigenvalue weighted by Gasteiger charge is -2.36. The minimum absolute atomic E-state index is 0.0435. The third-order valence-electron chi connectivity index (χ3n) is 8.62. The average molecular weight is 459 g/mol. The summed E-state index contributed by atoms with van der Waals surface area (Å²) in [5.41, 5.74) is 6.41. The molecule has 1 heterocycles. The van der Waals surface area contributed by atoms with Crippen molar-refractivity contribution >= 4 is 11.7 Å². The van der Waals surface area contributed by atoms with Crippen molar-refractivity contribution in [3.8, 4) is 0 Å². The Hall–Kier alpha value is -1.79. The Kier molecular flexibility index (Phi) is 8.18. The highest BCUT2D eigenvalue weighted by molar-refractivity contribution is 5.97. The summed E-state index contributed by atoms with van der Waals surface area (Å²) in [6.07, 6.45) is 9.56. The quantitative estimate of drug-likeness (QED) is 0.573. The van der Waals surface area contributed by atoms with Crippen LogP contribution in [0.2, 0.25) is 0 Å². The summed E-state index contributed by atoms with van der Waals surface area (Å²) in [6, 6.07) is 5.91. The first-order valence-corrected chi connectivity index (χ1v) is 12.9. The number of nitrogens with two attached hydrogens (primary N) is 1. The molecule has 1 aromatic rings. The molecule has 3 N–H and O–H groups in total. The monoisotopic (exact) mass is 458 g/mol. The Bertz CT molecular complexity index is 798. The maximum absolute atomic E-state index is 13.1. The molecule has 182 valence electrons. The molecule has 6 heteroatoms. The van der Waals surface area contributed by atoms with Crippen LogP contribution < -0.4 is 5.73 Å². The maximum atomic E-state index is 13.1. The van der Waals surface area contributed by atoms with Gasteiger partial charge in [-0.1, -0.05) is 12.8 Å². The SMILES string of the molecule is NC(=O)C(C1CCC(CCN2CCC(C(=O)c3ccc(F)cc3)CC2)CC1)C1CCC(O)C1. The number of hydrogen-bond acceptors (Lipinski definition) is 4. The van der Waals surface area contributed by atoms with Gasteiger partial charge in [-0.15, -0.1) is 0 Å². The van der Waals surface area contributed by atoms with Crippen molar-refractivity contribution in [1.82, 2.24) is 4.90 Å². The van der Waals surface area contributed by atoms with E-state index in [4.69, 9.17) is 5.73 Å². The fourth-order valence-electron chi connectivity index (χ4n) is 6.64. The lowest BCUT2D eigenvalue weighted by atomic mass is 9.70. The van der Waals surface area contributed by atoms with Crippen molar-refractivity contribution in [2.75, 3.05) is 19.6 Å². The van der Waals surface area contributed by atoms with Gasteiger partial charge >= 0.3 is 0 Å². The predicted molar refractivity (Wildman–Crippen MR) is 126 cm³/mol. The highest BCUT2D eigenvalue weighted by atomic mass is 19.1. The zero-order chi connectivity index (χ0) is 23.4. The Labute approximate surface area is 196 Å². The van der Waals surface area contributed by atoms with Gasteiger partial charge in [-0.2, -0.15) is 0 Å². The molecule has 3 atom stereocenters. The molecule has 2 saturated carbocycles. The molecule has 4 rings (SSSR count). The van der Waals surface area contributed by atoms with Crippen LogP contribution in [0.25, 0.3) is 0 Å². The number of primary amides is 1. The lowest BCUT2D eigenvalue weighted by molar-refractivity contribution is -0.126. The second-order valence-corrected chi connectivity index (χ2v) is 10.7. The molecule has 0 spiro atoms. The van der Waals surface area contributed by atoms with Gasteiger partial charge in [0, 0.05) is 17.4 Å². The zero-order valence-corrected chi connectivity index (χ0v) is 19.6. The lowest BCUT2D eigenvalue weighted by Crippen LogP contribution is -2.39. The van der Waals surface area contributed by atoms with E-state index < -0.39 is 0 Å². The van der Waals surface area contributed by atoms with Crippen LogP contribution in [-0.2, 0) is 4.79 Å². The Morgan fingerprint density at radius 1 is 0.970 bits per heavy atom. The van der Waals surface area contributed by atoms with Gasteiger partial charge in [-0.3, -0.25) is 9.59 Å². The number of halogens is 1. The summed E-state index contributed by atoms with van der Waals surface area (Å²) >= 11 is 0. The van der Waals surface area contributed by atoms with Crippen LogP contribution in [0.1, 0.15) is 74.6 Å². The maximum Gasteiger partial charge on any atom is 0.221 e. The van der Waals surface area contributed by atoms with Crippen LogP contribution >= 0.6 is 0 Å². The van der Waals surface area contributed by atoms with Crippen LogP contribution in [0, 0.1) is 35.4 Å². The molecule has 5 nitrogen and oxygen atoms in total. The first kappa shape index (κ1) is 24.3. The Morgan fingerprint density at radius 3 is 2.18 bits per heavy atom. The van der Waals surface area contributed by atoms with E-state index in [-0.39, 0.29) is 41.4 Å². The number of nitrogens with zero attached hydrogens (tertiary/aromatic N) is 1. The molecule has 0 bridgehead atoms. The van der Waals surface area contributed by atoms with Gasteiger partial charge in [0.05, 0.1) is 6.10 Å². The van der Waals surface area contributed by atoms with E-state index in [0.717, 1.165) is 77.4 Å². The molecule has 0 radical (unpaired) electrons. The molecule has 0 aromatic heterocycles. The van der Waals surface area contributed by atoms with Crippen molar-refractivity contribution in [1.29, 1.82) is 0 Å². The van der Waals surface area contributed by atoms with Crippen molar-refractivity contribution in [2.24, 2.45) is 35.3 Å². The zero-order valence-electron chi connectivity index (χ0n) is 19.6. The normalized spacial score (nSPS) is 30.2. The van der Waals surface area contributed by atoms with Crippen LogP contribution in [0.3, 0.4) is 0 Å². The Morgan fingerprint density at radius 2 is 1.61 bits per heavy atom. The number of piperidine rings is 1. The van der Waals surface area contributed by atoms with Crippen LogP contribution in [0.15, 0.2) is 24.3 Å². The third-order valence-corrected chi connectivity index (χ3v) is 8.62. The van der Waals surface area contributed by atoms with Crippen molar-refractivity contribution in [2.45, 2.75) is 70.3 Å². The van der Waals surface area contributed by atoms with Crippen molar-refractivity contribution in [3.63, 3.8) is 0 Å². The number of aliphatic hydroxyl groups excluding tert-OH is 1. The number of rotatable bonds is 8. The van der Waals surface area contributed by atoms with Crippen LogP contribution in [-0.4, -0.2) is 47.4 Å². The summed E-state index contributed by atoms with van der Waals surface area (Å²) in [4.78, 5) is 27.3. The summed E-state index contributed by atoms with van der Waals surface area (Å²) in [6.45, 7) is 2.96. The third kappa shape index (κ3) is 6.21. The van der Waals surface area contributed by atoms with Gasteiger partial charge in [0.25, 0.3) is 0 Å². The highest BCUT2D eigenvalue weighted by Gasteiger charge is 2.39. The summed E-state index contributed by atoms with van der Waals surface area (Å²) < 4.78 is 13.1. The van der Waals surface area contributed by atoms with Crippen LogP contribution in [0.4, 0.5) is 4.39 Å². The van der Waals surface area contributed by atoms with E-state index in [1.54, 1.807) is 12.1 Å². The molecular weight excluding hydrogens is 419 g/mol. The largest absolute Gasteiger partial charge is 0.393 e. The van der Waals surface area contributed by atoms with E-state index in [2.05, 4.69) is 4.90 Å². The first-order chi connectivity index (χ1) is 15.9. The fraction of sp³-hybridized carbons (Fsp3) is 0.704. The fourth-order valence-corrected chi connectivity index (χ4v) is 6.64. The topological polar surface area (TPSA) is 83.6 Å². The minimum Gasteiger partial charge on any atom is -0.393 e. The summed E-state index contributed by atoms with van der Waals surface area (Å²) in [5.74, 6) is 0.978. The molecule has 1 saturated heterocycles. The molecule has 2 aliphatic carbocycles. The number of aliphatic hydroxyl groups is 1. The summed E-state index contributed by atoms with van der Waals surface area (Å²) in [7, 11) is 0. The van der Waals surface area contributed by atoms with E-state index in [1.807, 2.05) is 0 Å². The highest BCUT2D eigenvalue weighted by Crippen LogP contribution is 2.42. The van der Waals surface area contributed by atoms with Crippen molar-refractivity contribution < 1.29 is 19.1 Å². The number of amides is 1. The van der Waals surface area contributed by atoms with Gasteiger partial charge in [0.2, 0.25) is 5.91 Å². The summed E-state index contributed by atoms with van der Waals surface area (Å²) in [5, 5.41) is 9.89. The Balaban J connectivity index is 1.17. The van der Waals surface area contributed by atoms with E-state index in [0.29, 0.717) is 17.4 Å². The smallest absolute Gasteiger partial charge is 0.221 e. The van der Waals surface area contributed by atoms with Gasteiger partial charge in [0.1, 0.15) is 5.82 Å². The van der Waals surface area contributed by atoms with Gasteiger partial charge in [0.15, 0.2) is 5.78 Å². The number of ketones is 1. The molecule has 3 unspecified atom stereocenters. The first-order valence-electron chi connectivity index (χ1n) is 12.9. The molecule has 3 fully saturated rings.